The van der Waals surface area contributed by atoms with Crippen LogP contribution in [0.5, 0.6) is 0 Å². The summed E-state index contributed by atoms with van der Waals surface area (Å²) in [4.78, 5) is -0.370. The SMILES string of the molecule is CCC1CCCN1S(=O)(=O)c1cc(Cl)cc(CN)c1F. The second-order valence-corrected chi connectivity index (χ2v) is 7.20. The lowest BCUT2D eigenvalue weighted by atomic mass is 10.2. The van der Waals surface area contributed by atoms with Crippen LogP contribution in [0.1, 0.15) is 31.7 Å². The molecule has 1 aromatic carbocycles. The molecule has 0 saturated carbocycles. The van der Waals surface area contributed by atoms with E-state index in [9.17, 15) is 12.8 Å². The molecule has 1 aliphatic rings. The Morgan fingerprint density at radius 3 is 2.80 bits per heavy atom. The Hall–Kier alpha value is -0.690. The summed E-state index contributed by atoms with van der Waals surface area (Å²) in [5, 5.41) is 0.178. The normalized spacial score (nSPS) is 20.5. The summed E-state index contributed by atoms with van der Waals surface area (Å²) in [5.74, 6) is -0.793. The van der Waals surface area contributed by atoms with E-state index in [0.717, 1.165) is 18.9 Å². The third kappa shape index (κ3) is 2.70. The van der Waals surface area contributed by atoms with Crippen molar-refractivity contribution in [2.75, 3.05) is 6.54 Å². The first kappa shape index (κ1) is 15.7. The number of hydrogen-bond donors (Lipinski definition) is 1. The third-order valence-corrected chi connectivity index (χ3v) is 5.85. The van der Waals surface area contributed by atoms with E-state index < -0.39 is 15.8 Å². The van der Waals surface area contributed by atoms with E-state index in [1.807, 2.05) is 6.92 Å². The zero-order valence-corrected chi connectivity index (χ0v) is 12.8. The lowest BCUT2D eigenvalue weighted by Crippen LogP contribution is -2.35. The lowest BCUT2D eigenvalue weighted by Gasteiger charge is -2.23. The van der Waals surface area contributed by atoms with Crippen molar-refractivity contribution >= 4 is 21.6 Å². The topological polar surface area (TPSA) is 63.4 Å². The van der Waals surface area contributed by atoms with Gasteiger partial charge in [0.25, 0.3) is 0 Å². The van der Waals surface area contributed by atoms with Crippen LogP contribution in [0.25, 0.3) is 0 Å². The van der Waals surface area contributed by atoms with Crippen molar-refractivity contribution in [3.8, 4) is 0 Å². The second-order valence-electron chi connectivity index (χ2n) is 4.90. The zero-order chi connectivity index (χ0) is 14.9. The minimum Gasteiger partial charge on any atom is -0.326 e. The Morgan fingerprint density at radius 1 is 1.50 bits per heavy atom. The van der Waals surface area contributed by atoms with Gasteiger partial charge in [-0.2, -0.15) is 4.31 Å². The van der Waals surface area contributed by atoms with Crippen LogP contribution in [0, 0.1) is 5.82 Å². The molecule has 0 amide bonds. The van der Waals surface area contributed by atoms with Gasteiger partial charge in [0.05, 0.1) is 0 Å². The van der Waals surface area contributed by atoms with Crippen LogP contribution >= 0.6 is 11.6 Å². The molecule has 1 saturated heterocycles. The van der Waals surface area contributed by atoms with Crippen molar-refractivity contribution in [2.45, 2.75) is 43.7 Å². The molecule has 4 nitrogen and oxygen atoms in total. The van der Waals surface area contributed by atoms with Gasteiger partial charge in [0.15, 0.2) is 0 Å². The van der Waals surface area contributed by atoms with Crippen LogP contribution < -0.4 is 5.73 Å². The van der Waals surface area contributed by atoms with Gasteiger partial charge >= 0.3 is 0 Å². The van der Waals surface area contributed by atoms with Crippen molar-refractivity contribution in [1.29, 1.82) is 0 Å². The first-order valence-electron chi connectivity index (χ1n) is 6.61. The summed E-state index contributed by atoms with van der Waals surface area (Å²) in [7, 11) is -3.87. The number of rotatable bonds is 4. The van der Waals surface area contributed by atoms with Gasteiger partial charge < -0.3 is 5.73 Å². The van der Waals surface area contributed by atoms with Crippen LogP contribution in [0.2, 0.25) is 5.02 Å². The minimum atomic E-state index is -3.87. The van der Waals surface area contributed by atoms with Crippen LogP contribution in [-0.4, -0.2) is 25.3 Å². The highest BCUT2D eigenvalue weighted by Gasteiger charge is 2.36. The predicted octanol–water partition coefficient (Wildman–Crippen LogP) is 2.50. The quantitative estimate of drug-likeness (QED) is 0.927. The molecule has 2 rings (SSSR count). The highest BCUT2D eigenvalue weighted by molar-refractivity contribution is 7.89. The maximum atomic E-state index is 14.3. The Kier molecular flexibility index (Phi) is 4.69. The summed E-state index contributed by atoms with van der Waals surface area (Å²) >= 11 is 5.88. The third-order valence-electron chi connectivity index (χ3n) is 3.68. The first-order chi connectivity index (χ1) is 9.41. The van der Waals surface area contributed by atoms with E-state index in [4.69, 9.17) is 17.3 Å². The molecule has 1 unspecified atom stereocenters. The number of benzene rings is 1. The van der Waals surface area contributed by atoms with Gasteiger partial charge in [0, 0.05) is 29.7 Å². The van der Waals surface area contributed by atoms with E-state index in [0.29, 0.717) is 13.0 Å². The van der Waals surface area contributed by atoms with Gasteiger partial charge in [-0.1, -0.05) is 18.5 Å². The van der Waals surface area contributed by atoms with Gasteiger partial charge in [-0.3, -0.25) is 0 Å². The van der Waals surface area contributed by atoms with E-state index in [1.54, 1.807) is 0 Å². The molecule has 1 aliphatic heterocycles. The van der Waals surface area contributed by atoms with Crippen molar-refractivity contribution in [3.05, 3.63) is 28.5 Å². The van der Waals surface area contributed by atoms with Gasteiger partial charge in [0.2, 0.25) is 10.0 Å². The molecule has 1 aromatic rings. The van der Waals surface area contributed by atoms with Crippen LogP contribution in [0.3, 0.4) is 0 Å². The Morgan fingerprint density at radius 2 is 2.20 bits per heavy atom. The number of nitrogens with two attached hydrogens (primary N) is 1. The second kappa shape index (κ2) is 5.97. The summed E-state index contributed by atoms with van der Waals surface area (Å²) in [5.41, 5.74) is 5.55. The average Bonchev–Trinajstić information content (AvgIpc) is 2.89. The van der Waals surface area contributed by atoms with Crippen molar-refractivity contribution < 1.29 is 12.8 Å². The van der Waals surface area contributed by atoms with Crippen molar-refractivity contribution in [2.24, 2.45) is 5.73 Å². The predicted molar refractivity (Wildman–Crippen MR) is 76.5 cm³/mol. The molecule has 0 bridgehead atoms. The van der Waals surface area contributed by atoms with Gasteiger partial charge in [0.1, 0.15) is 10.7 Å². The number of sulfonamides is 1. The molecule has 1 atom stereocenters. The largest absolute Gasteiger partial charge is 0.326 e. The van der Waals surface area contributed by atoms with Crippen LogP contribution in [0.15, 0.2) is 17.0 Å². The summed E-state index contributed by atoms with van der Waals surface area (Å²) in [6.07, 6.45) is 2.32. The Balaban J connectivity index is 2.52. The number of halogens is 2. The molecular weight excluding hydrogens is 303 g/mol. The molecule has 2 N–H and O–H groups in total. The maximum Gasteiger partial charge on any atom is 0.246 e. The van der Waals surface area contributed by atoms with E-state index in [2.05, 4.69) is 0 Å². The fourth-order valence-electron chi connectivity index (χ4n) is 2.61. The fourth-order valence-corrected chi connectivity index (χ4v) is 4.82. The molecule has 1 fully saturated rings. The van der Waals surface area contributed by atoms with Crippen molar-refractivity contribution in [3.63, 3.8) is 0 Å². The monoisotopic (exact) mass is 320 g/mol. The van der Waals surface area contributed by atoms with Gasteiger partial charge in [-0.15, -0.1) is 0 Å². The average molecular weight is 321 g/mol. The molecule has 0 spiro atoms. The summed E-state index contributed by atoms with van der Waals surface area (Å²) in [6.45, 7) is 2.26. The van der Waals surface area contributed by atoms with Gasteiger partial charge in [-0.05, 0) is 31.4 Å². The molecule has 7 heteroatoms. The van der Waals surface area contributed by atoms with Gasteiger partial charge in [-0.25, -0.2) is 12.8 Å². The molecule has 0 radical (unpaired) electrons. The van der Waals surface area contributed by atoms with E-state index in [1.165, 1.54) is 10.4 Å². The highest BCUT2D eigenvalue weighted by Crippen LogP contribution is 2.31. The summed E-state index contributed by atoms with van der Waals surface area (Å²) < 4.78 is 40.9. The zero-order valence-electron chi connectivity index (χ0n) is 11.3. The van der Waals surface area contributed by atoms with E-state index >= 15 is 0 Å². The highest BCUT2D eigenvalue weighted by atomic mass is 35.5. The summed E-state index contributed by atoms with van der Waals surface area (Å²) in [6, 6.07) is 2.45. The molecular formula is C13H18ClFN2O2S. The minimum absolute atomic E-state index is 0.0697. The molecule has 0 aromatic heterocycles. The first-order valence-corrected chi connectivity index (χ1v) is 8.43. The number of hydrogen-bond acceptors (Lipinski definition) is 3. The molecule has 112 valence electrons. The van der Waals surface area contributed by atoms with Crippen LogP contribution in [0.4, 0.5) is 4.39 Å². The van der Waals surface area contributed by atoms with Crippen molar-refractivity contribution in [1.82, 2.24) is 4.31 Å². The lowest BCUT2D eigenvalue weighted by molar-refractivity contribution is 0.377. The van der Waals surface area contributed by atoms with E-state index in [-0.39, 0.29) is 28.1 Å². The molecule has 20 heavy (non-hydrogen) atoms. The molecule has 0 aliphatic carbocycles. The smallest absolute Gasteiger partial charge is 0.246 e. The molecule has 1 heterocycles. The standard InChI is InChI=1S/C13H18ClFN2O2S/c1-2-11-4-3-5-17(11)20(18,19)12-7-10(14)6-9(8-16)13(12)15/h6-7,11H,2-5,8,16H2,1H3. The Bertz CT molecular complexity index is 607. The number of nitrogens with zero attached hydrogens (tertiary/aromatic N) is 1. The Labute approximate surface area is 123 Å². The fraction of sp³-hybridized carbons (Fsp3) is 0.538. The maximum absolute atomic E-state index is 14.3. The van der Waals surface area contributed by atoms with Crippen LogP contribution in [-0.2, 0) is 16.6 Å².